The number of benzene rings is 2. The number of thiocarbonyl (C=S) groups is 1. The van der Waals surface area contributed by atoms with E-state index >= 15 is 0 Å². The van der Waals surface area contributed by atoms with Gasteiger partial charge >= 0.3 is 0 Å². The van der Waals surface area contributed by atoms with Crippen LogP contribution in [0.25, 0.3) is 6.08 Å². The molecule has 2 aromatic rings. The Hall–Kier alpha value is -2.51. The molecule has 3 rings (SSSR count). The topological polar surface area (TPSA) is 48.0 Å². The largest absolute Gasteiger partial charge is 0.493 e. The van der Waals surface area contributed by atoms with Gasteiger partial charge in [0.2, 0.25) is 0 Å². The Morgan fingerprint density at radius 2 is 1.72 bits per heavy atom. The van der Waals surface area contributed by atoms with Gasteiger partial charge in [-0.25, -0.2) is 0 Å². The number of hydrogen-bond donors (Lipinski definition) is 0. The molecule has 29 heavy (non-hydrogen) atoms. The van der Waals surface area contributed by atoms with Crippen molar-refractivity contribution >= 4 is 40.3 Å². The molecule has 0 bridgehead atoms. The molecule has 1 aliphatic heterocycles. The number of methoxy groups -OCH3 is 1. The first-order chi connectivity index (χ1) is 13.9. The van der Waals surface area contributed by atoms with Gasteiger partial charge in [-0.05, 0) is 60.9 Å². The van der Waals surface area contributed by atoms with Crippen LogP contribution in [0.3, 0.4) is 0 Å². The highest BCUT2D eigenvalue weighted by Gasteiger charge is 2.28. The third kappa shape index (κ3) is 5.31. The Balaban J connectivity index is 1.62. The number of aryl methyl sites for hydroxylation is 2. The van der Waals surface area contributed by atoms with Gasteiger partial charge in [0.15, 0.2) is 11.5 Å². The van der Waals surface area contributed by atoms with Gasteiger partial charge in [-0.3, -0.25) is 9.69 Å². The van der Waals surface area contributed by atoms with Crippen LogP contribution in [0.15, 0.2) is 41.3 Å². The Bertz CT molecular complexity index is 951. The predicted molar refractivity (Wildman–Crippen MR) is 121 cm³/mol. The van der Waals surface area contributed by atoms with Crippen LogP contribution in [0, 0.1) is 13.8 Å². The summed E-state index contributed by atoms with van der Waals surface area (Å²) in [4.78, 5) is 14.2. The van der Waals surface area contributed by atoms with E-state index in [1.54, 1.807) is 20.2 Å². The molecule has 0 aliphatic carbocycles. The van der Waals surface area contributed by atoms with E-state index in [9.17, 15) is 4.79 Å². The van der Waals surface area contributed by atoms with Crippen LogP contribution in [0.2, 0.25) is 0 Å². The molecule has 1 aliphatic rings. The molecule has 0 unspecified atom stereocenters. The summed E-state index contributed by atoms with van der Waals surface area (Å²) in [5.74, 6) is 1.96. The van der Waals surface area contributed by atoms with E-state index in [-0.39, 0.29) is 5.91 Å². The first-order valence-corrected chi connectivity index (χ1v) is 10.3. The molecule has 1 fully saturated rings. The second-order valence-electron chi connectivity index (χ2n) is 6.67. The van der Waals surface area contributed by atoms with Crippen LogP contribution in [0.1, 0.15) is 16.7 Å². The van der Waals surface area contributed by atoms with Crippen molar-refractivity contribution in [2.45, 2.75) is 13.8 Å². The zero-order valence-electron chi connectivity index (χ0n) is 16.9. The lowest BCUT2D eigenvalue weighted by molar-refractivity contribution is -0.121. The van der Waals surface area contributed by atoms with Gasteiger partial charge in [-0.2, -0.15) is 0 Å². The molecule has 0 aromatic heterocycles. The number of hydrogen-bond acceptors (Lipinski definition) is 6. The van der Waals surface area contributed by atoms with Crippen LogP contribution in [0.5, 0.6) is 17.2 Å². The molecule has 1 amide bonds. The van der Waals surface area contributed by atoms with E-state index in [0.29, 0.717) is 33.9 Å². The second-order valence-corrected chi connectivity index (χ2v) is 8.35. The number of rotatable bonds is 7. The van der Waals surface area contributed by atoms with Gasteiger partial charge in [0.25, 0.3) is 5.91 Å². The summed E-state index contributed by atoms with van der Waals surface area (Å²) in [6, 6.07) is 11.7. The quantitative estimate of drug-likeness (QED) is 0.364. The number of likely N-dealkylation sites (N-methyl/N-ethyl adjacent to an activating group) is 1. The van der Waals surface area contributed by atoms with Gasteiger partial charge < -0.3 is 14.2 Å². The standard InChI is InChI=1S/C22H23NO4S2/c1-14-9-15(2)11-17(10-14)26-7-8-27-18-6-5-16(12-19(18)25-4)13-20-21(24)23(3)22(28)29-20/h5-6,9-13H,7-8H2,1-4H3. The lowest BCUT2D eigenvalue weighted by Gasteiger charge is -2.13. The molecule has 2 aromatic carbocycles. The molecule has 0 spiro atoms. The van der Waals surface area contributed by atoms with E-state index in [2.05, 4.69) is 6.07 Å². The maximum Gasteiger partial charge on any atom is 0.265 e. The second kappa shape index (κ2) is 9.33. The SMILES string of the molecule is COc1cc(C=C2SC(=S)N(C)C2=O)ccc1OCCOc1cc(C)cc(C)c1. The average molecular weight is 430 g/mol. The highest BCUT2D eigenvalue weighted by molar-refractivity contribution is 8.26. The number of carbonyl (C=O) groups is 1. The Morgan fingerprint density at radius 3 is 2.34 bits per heavy atom. The summed E-state index contributed by atoms with van der Waals surface area (Å²) in [5.41, 5.74) is 3.17. The van der Waals surface area contributed by atoms with E-state index in [4.69, 9.17) is 26.4 Å². The van der Waals surface area contributed by atoms with E-state index < -0.39 is 0 Å². The van der Waals surface area contributed by atoms with Gasteiger partial charge in [0.1, 0.15) is 23.3 Å². The Morgan fingerprint density at radius 1 is 1.03 bits per heavy atom. The zero-order valence-corrected chi connectivity index (χ0v) is 18.5. The molecule has 152 valence electrons. The van der Waals surface area contributed by atoms with Gasteiger partial charge in [-0.1, -0.05) is 36.1 Å². The highest BCUT2D eigenvalue weighted by Crippen LogP contribution is 2.34. The minimum atomic E-state index is -0.0946. The average Bonchev–Trinajstić information content (AvgIpc) is 2.92. The van der Waals surface area contributed by atoms with Crippen molar-refractivity contribution in [2.24, 2.45) is 0 Å². The van der Waals surface area contributed by atoms with Crippen molar-refractivity contribution in [3.05, 3.63) is 58.0 Å². The maximum absolute atomic E-state index is 12.2. The minimum absolute atomic E-state index is 0.0946. The Labute approximate surface area is 180 Å². The van der Waals surface area contributed by atoms with Crippen LogP contribution in [0.4, 0.5) is 0 Å². The fourth-order valence-corrected chi connectivity index (χ4v) is 4.10. The number of amides is 1. The molecule has 1 saturated heterocycles. The normalized spacial score (nSPS) is 15.2. The third-order valence-electron chi connectivity index (χ3n) is 4.28. The van der Waals surface area contributed by atoms with Crippen LogP contribution in [-0.2, 0) is 4.79 Å². The molecule has 7 heteroatoms. The van der Waals surface area contributed by atoms with E-state index in [1.165, 1.54) is 16.7 Å². The summed E-state index contributed by atoms with van der Waals surface area (Å²) in [5, 5.41) is 0. The van der Waals surface area contributed by atoms with E-state index in [0.717, 1.165) is 22.4 Å². The molecular weight excluding hydrogens is 406 g/mol. The molecule has 1 heterocycles. The summed E-state index contributed by atoms with van der Waals surface area (Å²) < 4.78 is 17.6. The number of thioether (sulfide) groups is 1. The number of ether oxygens (including phenoxy) is 3. The minimum Gasteiger partial charge on any atom is -0.493 e. The molecule has 0 radical (unpaired) electrons. The summed E-state index contributed by atoms with van der Waals surface area (Å²) in [7, 11) is 3.26. The van der Waals surface area contributed by atoms with Crippen LogP contribution in [-0.4, -0.2) is 42.5 Å². The van der Waals surface area contributed by atoms with Crippen molar-refractivity contribution in [1.82, 2.24) is 4.90 Å². The molecule has 0 atom stereocenters. The van der Waals surface area contributed by atoms with Crippen LogP contribution < -0.4 is 14.2 Å². The first kappa shape index (κ1) is 21.2. The summed E-state index contributed by atoms with van der Waals surface area (Å²) >= 11 is 6.45. The first-order valence-electron chi connectivity index (χ1n) is 9.11. The van der Waals surface area contributed by atoms with Gasteiger partial charge in [-0.15, -0.1) is 0 Å². The molecular formula is C22H23NO4S2. The highest BCUT2D eigenvalue weighted by atomic mass is 32.2. The number of carbonyl (C=O) groups excluding carboxylic acids is 1. The van der Waals surface area contributed by atoms with Crippen molar-refractivity contribution in [2.75, 3.05) is 27.4 Å². The predicted octanol–water partition coefficient (Wildman–Crippen LogP) is 4.60. The van der Waals surface area contributed by atoms with Gasteiger partial charge in [0.05, 0.1) is 12.0 Å². The summed E-state index contributed by atoms with van der Waals surface area (Å²) in [6.07, 6.45) is 1.80. The monoisotopic (exact) mass is 429 g/mol. The van der Waals surface area contributed by atoms with Gasteiger partial charge in [0, 0.05) is 7.05 Å². The molecule has 0 saturated carbocycles. The maximum atomic E-state index is 12.2. The van der Waals surface area contributed by atoms with Crippen molar-refractivity contribution in [3.63, 3.8) is 0 Å². The van der Waals surface area contributed by atoms with Crippen LogP contribution >= 0.6 is 24.0 Å². The van der Waals surface area contributed by atoms with Crippen molar-refractivity contribution < 1.29 is 19.0 Å². The Kier molecular flexibility index (Phi) is 6.82. The lowest BCUT2D eigenvalue weighted by Crippen LogP contribution is -2.22. The molecule has 0 N–H and O–H groups in total. The van der Waals surface area contributed by atoms with E-state index in [1.807, 2.05) is 44.2 Å². The zero-order chi connectivity index (χ0) is 21.0. The third-order valence-corrected chi connectivity index (χ3v) is 5.76. The van der Waals surface area contributed by atoms with Crippen molar-refractivity contribution in [3.8, 4) is 17.2 Å². The number of nitrogens with zero attached hydrogens (tertiary/aromatic N) is 1. The lowest BCUT2D eigenvalue weighted by atomic mass is 10.1. The summed E-state index contributed by atoms with van der Waals surface area (Å²) in [6.45, 7) is 4.90. The van der Waals surface area contributed by atoms with Crippen molar-refractivity contribution in [1.29, 1.82) is 0 Å². The smallest absolute Gasteiger partial charge is 0.265 e. The fourth-order valence-electron chi connectivity index (χ4n) is 2.92. The molecule has 5 nitrogen and oxygen atoms in total. The fraction of sp³-hybridized carbons (Fsp3) is 0.273.